The van der Waals surface area contributed by atoms with Crippen LogP contribution in [-0.4, -0.2) is 27.3 Å². The lowest BCUT2D eigenvalue weighted by Crippen LogP contribution is -2.21. The minimum atomic E-state index is -0.560. The van der Waals surface area contributed by atoms with Gasteiger partial charge in [-0.15, -0.1) is 0 Å². The second-order valence-electron chi connectivity index (χ2n) is 4.91. The van der Waals surface area contributed by atoms with Crippen molar-refractivity contribution >= 4 is 34.8 Å². The smallest absolute Gasteiger partial charge is 0.262 e. The summed E-state index contributed by atoms with van der Waals surface area (Å²) in [6.45, 7) is -0.286. The molecule has 0 aliphatic carbocycles. The van der Waals surface area contributed by atoms with Crippen LogP contribution in [-0.2, 0) is 4.79 Å². The summed E-state index contributed by atoms with van der Waals surface area (Å²) in [5.74, 6) is -0.705. The maximum absolute atomic E-state index is 13.1. The van der Waals surface area contributed by atoms with E-state index in [-0.39, 0.29) is 17.4 Å². The van der Waals surface area contributed by atoms with Crippen LogP contribution in [0.25, 0.3) is 5.69 Å². The van der Waals surface area contributed by atoms with E-state index in [2.05, 4.69) is 15.4 Å². The molecular weight excluding hydrogens is 370 g/mol. The molecule has 2 aromatic carbocycles. The fourth-order valence-corrected chi connectivity index (χ4v) is 2.39. The molecule has 0 bridgehead atoms. The maximum Gasteiger partial charge on any atom is 0.262 e. The summed E-state index contributed by atoms with van der Waals surface area (Å²) in [5, 5.41) is 7.08. The minimum absolute atomic E-state index is 0.0822. The van der Waals surface area contributed by atoms with Gasteiger partial charge in [0.25, 0.3) is 5.91 Å². The number of rotatable bonds is 5. The van der Waals surface area contributed by atoms with Crippen LogP contribution in [0.3, 0.4) is 0 Å². The minimum Gasteiger partial charge on any atom is -0.484 e. The standard InChI is InChI=1S/C16H11Cl2FN4O2/c17-10-1-4-15(23-9-20-8-21-23)14(5-10)22-16(24)7-25-11-2-3-13(19)12(18)6-11/h1-6,8-9H,7H2,(H,22,24). The molecule has 0 spiro atoms. The van der Waals surface area contributed by atoms with Crippen LogP contribution in [0, 0.1) is 5.82 Å². The monoisotopic (exact) mass is 380 g/mol. The lowest BCUT2D eigenvalue weighted by Gasteiger charge is -2.12. The summed E-state index contributed by atoms with van der Waals surface area (Å²) in [7, 11) is 0. The molecule has 25 heavy (non-hydrogen) atoms. The van der Waals surface area contributed by atoms with Gasteiger partial charge in [0, 0.05) is 11.1 Å². The second kappa shape index (κ2) is 7.50. The van der Waals surface area contributed by atoms with Gasteiger partial charge in [0.2, 0.25) is 0 Å². The zero-order valence-corrected chi connectivity index (χ0v) is 14.1. The van der Waals surface area contributed by atoms with Crippen molar-refractivity contribution in [3.8, 4) is 11.4 Å². The molecular formula is C16H11Cl2FN4O2. The number of benzene rings is 2. The highest BCUT2D eigenvalue weighted by Crippen LogP contribution is 2.24. The Morgan fingerprint density at radius 2 is 2.08 bits per heavy atom. The summed E-state index contributed by atoms with van der Waals surface area (Å²) in [5.41, 5.74) is 1.05. The molecule has 0 unspecified atom stereocenters. The molecule has 0 saturated heterocycles. The zero-order valence-electron chi connectivity index (χ0n) is 12.6. The highest BCUT2D eigenvalue weighted by molar-refractivity contribution is 6.31. The first-order valence-electron chi connectivity index (χ1n) is 7.05. The number of carbonyl (C=O) groups excluding carboxylic acids is 1. The Bertz CT molecular complexity index is 903. The van der Waals surface area contributed by atoms with Crippen LogP contribution >= 0.6 is 23.2 Å². The van der Waals surface area contributed by atoms with E-state index in [0.717, 1.165) is 6.07 Å². The summed E-state index contributed by atoms with van der Waals surface area (Å²) in [6, 6.07) is 8.80. The second-order valence-corrected chi connectivity index (χ2v) is 5.76. The van der Waals surface area contributed by atoms with Crippen molar-refractivity contribution in [2.45, 2.75) is 0 Å². The van der Waals surface area contributed by atoms with E-state index in [1.54, 1.807) is 18.2 Å². The van der Waals surface area contributed by atoms with Crippen LogP contribution in [0.4, 0.5) is 10.1 Å². The normalized spacial score (nSPS) is 10.5. The number of ether oxygens (including phenoxy) is 1. The van der Waals surface area contributed by atoms with Gasteiger partial charge in [-0.3, -0.25) is 4.79 Å². The number of hydrogen-bond donors (Lipinski definition) is 1. The molecule has 128 valence electrons. The number of anilines is 1. The Morgan fingerprint density at radius 1 is 1.24 bits per heavy atom. The maximum atomic E-state index is 13.1. The molecule has 3 rings (SSSR count). The van der Waals surface area contributed by atoms with Gasteiger partial charge in [0.15, 0.2) is 6.61 Å². The number of carbonyl (C=O) groups is 1. The molecule has 6 nitrogen and oxygen atoms in total. The molecule has 0 radical (unpaired) electrons. The SMILES string of the molecule is O=C(COc1ccc(F)c(Cl)c1)Nc1cc(Cl)ccc1-n1cncn1. The van der Waals surface area contributed by atoms with Gasteiger partial charge in [-0.2, -0.15) is 5.10 Å². The zero-order chi connectivity index (χ0) is 17.8. The molecule has 0 aliphatic rings. The molecule has 0 atom stereocenters. The van der Waals surface area contributed by atoms with Crippen molar-refractivity contribution in [3.63, 3.8) is 0 Å². The Hall–Kier alpha value is -2.64. The first kappa shape index (κ1) is 17.2. The van der Waals surface area contributed by atoms with Crippen molar-refractivity contribution in [3.05, 3.63) is 64.9 Å². The lowest BCUT2D eigenvalue weighted by molar-refractivity contribution is -0.118. The van der Waals surface area contributed by atoms with Crippen molar-refractivity contribution in [1.82, 2.24) is 14.8 Å². The van der Waals surface area contributed by atoms with E-state index in [9.17, 15) is 9.18 Å². The van der Waals surface area contributed by atoms with E-state index in [0.29, 0.717) is 16.4 Å². The van der Waals surface area contributed by atoms with Crippen molar-refractivity contribution in [2.75, 3.05) is 11.9 Å². The molecule has 1 aromatic heterocycles. The largest absolute Gasteiger partial charge is 0.484 e. The number of nitrogens with zero attached hydrogens (tertiary/aromatic N) is 3. The third kappa shape index (κ3) is 4.26. The van der Waals surface area contributed by atoms with Gasteiger partial charge in [-0.25, -0.2) is 14.1 Å². The lowest BCUT2D eigenvalue weighted by atomic mass is 10.2. The van der Waals surface area contributed by atoms with Crippen molar-refractivity contribution in [1.29, 1.82) is 0 Å². The molecule has 0 aliphatic heterocycles. The number of aromatic nitrogens is 3. The van der Waals surface area contributed by atoms with Gasteiger partial charge in [-0.1, -0.05) is 23.2 Å². The Kier molecular flexibility index (Phi) is 5.16. The van der Waals surface area contributed by atoms with E-state index >= 15 is 0 Å². The molecule has 0 fully saturated rings. The van der Waals surface area contributed by atoms with Crippen LogP contribution in [0.15, 0.2) is 49.1 Å². The number of hydrogen-bond acceptors (Lipinski definition) is 4. The fraction of sp³-hybridized carbons (Fsp3) is 0.0625. The summed E-state index contributed by atoms with van der Waals surface area (Å²) in [4.78, 5) is 16.0. The van der Waals surface area contributed by atoms with Crippen LogP contribution < -0.4 is 10.1 Å². The summed E-state index contributed by atoms with van der Waals surface area (Å²) in [6.07, 6.45) is 2.87. The molecule has 3 aromatic rings. The average Bonchev–Trinajstić information content (AvgIpc) is 3.10. The third-order valence-electron chi connectivity index (χ3n) is 3.16. The molecule has 1 amide bonds. The predicted octanol–water partition coefficient (Wildman–Crippen LogP) is 3.73. The third-order valence-corrected chi connectivity index (χ3v) is 3.68. The summed E-state index contributed by atoms with van der Waals surface area (Å²) >= 11 is 11.7. The molecule has 0 saturated carbocycles. The van der Waals surface area contributed by atoms with E-state index in [1.807, 2.05) is 0 Å². The highest BCUT2D eigenvalue weighted by atomic mass is 35.5. The van der Waals surface area contributed by atoms with E-state index < -0.39 is 11.7 Å². The summed E-state index contributed by atoms with van der Waals surface area (Å²) < 4.78 is 19.9. The molecule has 1 heterocycles. The Labute approximate surface area is 152 Å². The van der Waals surface area contributed by atoms with Gasteiger partial charge < -0.3 is 10.1 Å². The predicted molar refractivity (Wildman–Crippen MR) is 91.9 cm³/mol. The first-order chi connectivity index (χ1) is 12.0. The number of amides is 1. The van der Waals surface area contributed by atoms with E-state index in [1.165, 1.54) is 29.5 Å². The Balaban J connectivity index is 1.70. The average molecular weight is 381 g/mol. The number of halogens is 3. The van der Waals surface area contributed by atoms with Gasteiger partial charge in [0.05, 0.1) is 16.4 Å². The molecule has 9 heteroatoms. The van der Waals surface area contributed by atoms with Crippen molar-refractivity contribution < 1.29 is 13.9 Å². The van der Waals surface area contributed by atoms with Crippen molar-refractivity contribution in [2.24, 2.45) is 0 Å². The van der Waals surface area contributed by atoms with Gasteiger partial charge >= 0.3 is 0 Å². The first-order valence-corrected chi connectivity index (χ1v) is 7.81. The quantitative estimate of drug-likeness (QED) is 0.731. The fourth-order valence-electron chi connectivity index (χ4n) is 2.04. The van der Waals surface area contributed by atoms with E-state index in [4.69, 9.17) is 27.9 Å². The van der Waals surface area contributed by atoms with Crippen LogP contribution in [0.1, 0.15) is 0 Å². The molecule has 1 N–H and O–H groups in total. The topological polar surface area (TPSA) is 69.0 Å². The Morgan fingerprint density at radius 3 is 2.80 bits per heavy atom. The highest BCUT2D eigenvalue weighted by Gasteiger charge is 2.11. The van der Waals surface area contributed by atoms with Crippen LogP contribution in [0.5, 0.6) is 5.75 Å². The van der Waals surface area contributed by atoms with Crippen LogP contribution in [0.2, 0.25) is 10.0 Å². The number of nitrogens with one attached hydrogen (secondary N) is 1. The van der Waals surface area contributed by atoms with Gasteiger partial charge in [0.1, 0.15) is 24.2 Å². The van der Waals surface area contributed by atoms with Gasteiger partial charge in [-0.05, 0) is 30.3 Å².